The number of hydrogen-bond acceptors (Lipinski definition) is 5. The minimum absolute atomic E-state index is 0.0277. The Morgan fingerprint density at radius 1 is 1.09 bits per heavy atom. The van der Waals surface area contributed by atoms with Gasteiger partial charge in [-0.25, -0.2) is 0 Å². The molecule has 0 aliphatic heterocycles. The quantitative estimate of drug-likeness (QED) is 0.459. The van der Waals surface area contributed by atoms with Crippen molar-refractivity contribution in [1.82, 2.24) is 4.57 Å². The van der Waals surface area contributed by atoms with Crippen LogP contribution in [-0.4, -0.2) is 21.9 Å². The maximum Gasteiger partial charge on any atom is 0.203 e. The Morgan fingerprint density at radius 2 is 1.74 bits per heavy atom. The van der Waals surface area contributed by atoms with Crippen molar-refractivity contribution >= 4 is 16.9 Å². The third-order valence-electron chi connectivity index (χ3n) is 9.39. The highest BCUT2D eigenvalue weighted by Gasteiger charge is 2.63. The van der Waals surface area contributed by atoms with Crippen LogP contribution in [0.25, 0.3) is 16.0 Å². The summed E-state index contributed by atoms with van der Waals surface area (Å²) in [6.07, 6.45) is 5.99. The van der Waals surface area contributed by atoms with Crippen LogP contribution in [0, 0.1) is 35.0 Å². The fraction of sp³-hybridized carbons (Fsp3) is 0.414. The highest BCUT2D eigenvalue weighted by Crippen LogP contribution is 2.71. The number of aromatic hydroxyl groups is 2. The van der Waals surface area contributed by atoms with Crippen LogP contribution >= 0.6 is 11.3 Å². The van der Waals surface area contributed by atoms with E-state index in [9.17, 15) is 15.5 Å². The molecule has 6 heteroatoms. The van der Waals surface area contributed by atoms with Gasteiger partial charge in [-0.3, -0.25) is 4.57 Å². The molecule has 4 fully saturated rings. The molecule has 5 nitrogen and oxygen atoms in total. The highest BCUT2D eigenvalue weighted by molar-refractivity contribution is 7.16. The van der Waals surface area contributed by atoms with Crippen molar-refractivity contribution in [2.45, 2.75) is 44.1 Å². The monoisotopic (exact) mass is 484 g/mol. The summed E-state index contributed by atoms with van der Waals surface area (Å²) < 4.78 is 6.73. The molecule has 35 heavy (non-hydrogen) atoms. The number of fused-ring (bicyclic) bond motifs is 2. The van der Waals surface area contributed by atoms with Gasteiger partial charge in [0.25, 0.3) is 0 Å². The summed E-state index contributed by atoms with van der Waals surface area (Å²) in [5, 5.41) is 32.3. The maximum absolute atomic E-state index is 11.6. The molecular weight excluding hydrogens is 456 g/mol. The summed E-state index contributed by atoms with van der Waals surface area (Å²) in [5.41, 5.74) is 4.11. The Labute approximate surface area is 208 Å². The summed E-state index contributed by atoms with van der Waals surface area (Å²) in [4.78, 5) is 2.46. The van der Waals surface area contributed by atoms with E-state index in [0.29, 0.717) is 17.4 Å². The number of aromatic nitrogens is 1. The number of hydrogen-bond donors (Lipinski definition) is 2. The van der Waals surface area contributed by atoms with E-state index >= 15 is 0 Å². The zero-order valence-electron chi connectivity index (χ0n) is 19.8. The molecule has 0 amide bonds. The van der Waals surface area contributed by atoms with E-state index < -0.39 is 0 Å². The van der Waals surface area contributed by atoms with Crippen molar-refractivity contribution in [3.63, 3.8) is 0 Å². The minimum atomic E-state index is -0.336. The van der Waals surface area contributed by atoms with E-state index in [0.717, 1.165) is 65.5 Å². The predicted octanol–water partition coefficient (Wildman–Crippen LogP) is 6.28. The summed E-state index contributed by atoms with van der Waals surface area (Å²) in [6, 6.07) is 12.5. The van der Waals surface area contributed by atoms with Gasteiger partial charge >= 0.3 is 0 Å². The molecule has 5 aliphatic carbocycles. The van der Waals surface area contributed by atoms with Crippen molar-refractivity contribution in [3.8, 4) is 34.0 Å². The summed E-state index contributed by atoms with van der Waals surface area (Å²) in [5.74, 6) is 3.23. The topological polar surface area (TPSA) is 78.4 Å². The van der Waals surface area contributed by atoms with Crippen molar-refractivity contribution in [2.24, 2.45) is 23.7 Å². The van der Waals surface area contributed by atoms with Crippen LogP contribution in [0.4, 0.5) is 0 Å². The predicted molar refractivity (Wildman–Crippen MR) is 136 cm³/mol. The van der Waals surface area contributed by atoms with Crippen LogP contribution in [-0.2, 0) is 12.0 Å². The lowest BCUT2D eigenvalue weighted by molar-refractivity contribution is -0.0417. The molecule has 0 atom stereocenters. The second-order valence-corrected chi connectivity index (χ2v) is 11.9. The van der Waals surface area contributed by atoms with E-state index in [2.05, 4.69) is 30.8 Å². The van der Waals surface area contributed by atoms with E-state index in [4.69, 9.17) is 4.74 Å². The lowest BCUT2D eigenvalue weighted by atomic mass is 9.42. The fourth-order valence-corrected chi connectivity index (χ4v) is 9.81. The molecule has 0 unspecified atom stereocenters. The number of rotatable bonds is 3. The average Bonchev–Trinajstić information content (AvgIpc) is 3.41. The standard InChI is InChI=1S/C29H28N2O3S/c1-15-22-14-23(18-3-5-21(34-2)6-4-18)35-26(22)29(19-10-16-9-17(12-19)13-20(29)11-16)25-24(15)27(32)31(8-7-30)28(25)33/h3-6,14,16-17,19-20,32-33H,1,8-13H2,2H3. The summed E-state index contributed by atoms with van der Waals surface area (Å²) >= 11 is 1.82. The van der Waals surface area contributed by atoms with Crippen LogP contribution < -0.4 is 4.74 Å². The van der Waals surface area contributed by atoms with Crippen LogP contribution in [0.5, 0.6) is 17.5 Å². The van der Waals surface area contributed by atoms with E-state index in [1.165, 1.54) is 20.7 Å². The summed E-state index contributed by atoms with van der Waals surface area (Å²) in [6.45, 7) is 4.34. The van der Waals surface area contributed by atoms with E-state index in [1.54, 1.807) is 7.11 Å². The smallest absolute Gasteiger partial charge is 0.203 e. The number of ether oxygens (including phenoxy) is 1. The van der Waals surface area contributed by atoms with E-state index in [-0.39, 0.29) is 23.7 Å². The normalized spacial score (nSPS) is 29.8. The SMILES string of the molecule is C=C1c2cc(-c3ccc(OC)cc3)sc2C2(c3c1c(O)n(CC#N)c3O)C1CC3CC(C1)CC2C3. The van der Waals surface area contributed by atoms with Crippen molar-refractivity contribution < 1.29 is 14.9 Å². The van der Waals surface area contributed by atoms with Crippen LogP contribution in [0.1, 0.15) is 53.7 Å². The molecule has 3 aromatic rings. The second-order valence-electron chi connectivity index (χ2n) is 10.9. The summed E-state index contributed by atoms with van der Waals surface area (Å²) in [7, 11) is 1.67. The van der Waals surface area contributed by atoms with Gasteiger partial charge in [0.15, 0.2) is 5.88 Å². The van der Waals surface area contributed by atoms with E-state index in [1.807, 2.05) is 23.5 Å². The number of methoxy groups -OCH3 is 1. The Morgan fingerprint density at radius 3 is 2.34 bits per heavy atom. The molecule has 4 bridgehead atoms. The number of nitriles is 1. The van der Waals surface area contributed by atoms with Gasteiger partial charge in [-0.1, -0.05) is 6.58 Å². The largest absolute Gasteiger partial charge is 0.497 e. The highest BCUT2D eigenvalue weighted by atomic mass is 32.1. The van der Waals surface area contributed by atoms with Gasteiger partial charge < -0.3 is 14.9 Å². The third-order valence-corrected chi connectivity index (χ3v) is 10.7. The molecule has 2 aromatic heterocycles. The first kappa shape index (κ1) is 21.1. The van der Waals surface area contributed by atoms with Crippen molar-refractivity contribution in [3.05, 3.63) is 58.5 Å². The molecule has 5 aliphatic rings. The fourth-order valence-electron chi connectivity index (χ4n) is 8.27. The van der Waals surface area contributed by atoms with Gasteiger partial charge in [-0.2, -0.15) is 5.26 Å². The molecule has 0 saturated heterocycles. The first-order valence-electron chi connectivity index (χ1n) is 12.5. The van der Waals surface area contributed by atoms with Gasteiger partial charge in [0, 0.05) is 20.7 Å². The first-order valence-corrected chi connectivity index (χ1v) is 13.3. The molecule has 2 N–H and O–H groups in total. The second kappa shape index (κ2) is 7.18. The zero-order chi connectivity index (χ0) is 24.1. The lowest BCUT2D eigenvalue weighted by Gasteiger charge is -2.62. The van der Waals surface area contributed by atoms with Crippen LogP contribution in [0.3, 0.4) is 0 Å². The molecule has 4 saturated carbocycles. The molecule has 1 spiro atoms. The van der Waals surface area contributed by atoms with Gasteiger partial charge in [-0.05, 0) is 103 Å². The third kappa shape index (κ3) is 2.57. The number of nitrogens with zero attached hydrogens (tertiary/aromatic N) is 2. The maximum atomic E-state index is 11.6. The number of thiophene rings is 1. The van der Waals surface area contributed by atoms with Gasteiger partial charge in [-0.15, -0.1) is 11.3 Å². The minimum Gasteiger partial charge on any atom is -0.497 e. The first-order chi connectivity index (χ1) is 17.0. The molecule has 0 radical (unpaired) electrons. The molecule has 8 rings (SSSR count). The van der Waals surface area contributed by atoms with Gasteiger partial charge in [0.05, 0.1) is 18.7 Å². The Kier molecular flexibility index (Phi) is 4.33. The number of benzene rings is 1. The Balaban J connectivity index is 1.50. The molecule has 178 valence electrons. The van der Waals surface area contributed by atoms with Gasteiger partial charge in [0.2, 0.25) is 5.88 Å². The lowest BCUT2D eigenvalue weighted by Crippen LogP contribution is -2.56. The zero-order valence-corrected chi connectivity index (χ0v) is 20.6. The van der Waals surface area contributed by atoms with Crippen molar-refractivity contribution in [2.75, 3.05) is 7.11 Å². The molecule has 2 heterocycles. The molecule has 1 aromatic carbocycles. The Hall–Kier alpha value is -3.17. The van der Waals surface area contributed by atoms with Crippen LogP contribution in [0.15, 0.2) is 36.9 Å². The van der Waals surface area contributed by atoms with Crippen LogP contribution in [0.2, 0.25) is 0 Å². The van der Waals surface area contributed by atoms with Crippen molar-refractivity contribution in [1.29, 1.82) is 5.26 Å². The molecular formula is C29H28N2O3S. The van der Waals surface area contributed by atoms with Gasteiger partial charge in [0.1, 0.15) is 12.3 Å². The average molecular weight is 485 g/mol. The Bertz CT molecular complexity index is 1390.